The van der Waals surface area contributed by atoms with Gasteiger partial charge in [-0.15, -0.1) is 0 Å². The minimum atomic E-state index is -1.36. The fraction of sp³-hybridized carbons (Fsp3) is 0. The second-order valence-electron chi connectivity index (χ2n) is 3.02. The first-order valence-corrected chi connectivity index (χ1v) is 4.87. The van der Waals surface area contributed by atoms with Crippen LogP contribution >= 0.6 is 11.6 Å². The predicted molar refractivity (Wildman–Crippen MR) is 61.3 cm³/mol. The maximum atomic E-state index is 13.6. The highest BCUT2D eigenvalue weighted by Crippen LogP contribution is 2.26. The molecule has 0 aliphatic carbocycles. The smallest absolute Gasteiger partial charge is 0.337 e. The van der Waals surface area contributed by atoms with Gasteiger partial charge in [-0.25, -0.2) is 9.18 Å². The first-order chi connectivity index (χ1) is 8.51. The standard InChI is InChI=1S/C11H5ClFN3O2/c12-8-2-1-7(11(17)18)10(9(8)13)16-5-6(3-14)4-15/h1-2,5,16H,(H,17,18). The summed E-state index contributed by atoms with van der Waals surface area (Å²) in [6, 6.07) is 5.29. The number of hydrogen-bond acceptors (Lipinski definition) is 4. The van der Waals surface area contributed by atoms with Crippen molar-refractivity contribution in [3.63, 3.8) is 0 Å². The van der Waals surface area contributed by atoms with Gasteiger partial charge in [-0.1, -0.05) is 11.6 Å². The first-order valence-electron chi connectivity index (χ1n) is 4.49. The number of carboxylic acid groups (broad SMARTS) is 1. The van der Waals surface area contributed by atoms with Gasteiger partial charge in [0.05, 0.1) is 16.3 Å². The molecule has 2 N–H and O–H groups in total. The van der Waals surface area contributed by atoms with Crippen molar-refractivity contribution in [3.8, 4) is 12.1 Å². The van der Waals surface area contributed by atoms with Crippen LogP contribution in [0.25, 0.3) is 0 Å². The lowest BCUT2D eigenvalue weighted by molar-refractivity contribution is 0.0697. The fourth-order valence-electron chi connectivity index (χ4n) is 1.10. The number of benzene rings is 1. The molecule has 1 aromatic rings. The zero-order chi connectivity index (χ0) is 13.7. The maximum absolute atomic E-state index is 13.6. The number of rotatable bonds is 3. The highest BCUT2D eigenvalue weighted by molar-refractivity contribution is 6.31. The van der Waals surface area contributed by atoms with Crippen molar-refractivity contribution in [1.29, 1.82) is 10.5 Å². The molecule has 0 aromatic heterocycles. The zero-order valence-corrected chi connectivity index (χ0v) is 9.49. The zero-order valence-electron chi connectivity index (χ0n) is 8.74. The number of hydrogen-bond donors (Lipinski definition) is 2. The normalized spacial score (nSPS) is 8.89. The molecule has 5 nitrogen and oxygen atoms in total. The summed E-state index contributed by atoms with van der Waals surface area (Å²) in [5, 5.41) is 27.8. The Balaban J connectivity index is 3.28. The molecular weight excluding hydrogens is 261 g/mol. The van der Waals surface area contributed by atoms with E-state index in [-0.39, 0.29) is 16.2 Å². The number of nitriles is 2. The number of nitrogens with one attached hydrogen (secondary N) is 1. The van der Waals surface area contributed by atoms with Crippen molar-refractivity contribution < 1.29 is 14.3 Å². The lowest BCUT2D eigenvalue weighted by atomic mass is 10.1. The number of halogens is 2. The molecule has 0 aliphatic heterocycles. The minimum Gasteiger partial charge on any atom is -0.478 e. The quantitative estimate of drug-likeness (QED) is 0.819. The van der Waals surface area contributed by atoms with E-state index in [1.165, 1.54) is 12.1 Å². The molecule has 18 heavy (non-hydrogen) atoms. The van der Waals surface area contributed by atoms with Crippen LogP contribution in [0, 0.1) is 28.5 Å². The molecule has 0 saturated carbocycles. The van der Waals surface area contributed by atoms with Crippen molar-refractivity contribution in [2.24, 2.45) is 0 Å². The second kappa shape index (κ2) is 5.67. The molecule has 0 radical (unpaired) electrons. The topological polar surface area (TPSA) is 96.9 Å². The van der Waals surface area contributed by atoms with Gasteiger partial charge < -0.3 is 10.4 Å². The number of nitrogens with zero attached hydrogens (tertiary/aromatic N) is 2. The van der Waals surface area contributed by atoms with Crippen molar-refractivity contribution in [2.45, 2.75) is 0 Å². The van der Waals surface area contributed by atoms with Crippen LogP contribution in [-0.2, 0) is 0 Å². The summed E-state index contributed by atoms with van der Waals surface area (Å²) >= 11 is 5.51. The van der Waals surface area contributed by atoms with Crippen LogP contribution in [0.5, 0.6) is 0 Å². The molecule has 1 aromatic carbocycles. The SMILES string of the molecule is N#CC(C#N)=CNc1c(C(=O)O)ccc(Cl)c1F. The van der Waals surface area contributed by atoms with Crippen molar-refractivity contribution in [2.75, 3.05) is 5.32 Å². The first kappa shape index (κ1) is 13.5. The van der Waals surface area contributed by atoms with E-state index in [1.54, 1.807) is 0 Å². The molecule has 0 aliphatic rings. The molecular formula is C11H5ClFN3O2. The Morgan fingerprint density at radius 2 is 2.06 bits per heavy atom. The van der Waals surface area contributed by atoms with E-state index in [1.807, 2.05) is 0 Å². The Hall–Kier alpha value is -2.57. The number of carboxylic acids is 1. The Morgan fingerprint density at radius 1 is 1.44 bits per heavy atom. The number of aromatic carboxylic acids is 1. The molecule has 0 amide bonds. The number of allylic oxidation sites excluding steroid dienone is 1. The van der Waals surface area contributed by atoms with Gasteiger partial charge in [0.2, 0.25) is 0 Å². The predicted octanol–water partition coefficient (Wildman–Crippen LogP) is 2.52. The van der Waals surface area contributed by atoms with Gasteiger partial charge in [0.25, 0.3) is 0 Å². The number of anilines is 1. The third-order valence-corrected chi connectivity index (χ3v) is 2.22. The van der Waals surface area contributed by atoms with Gasteiger partial charge in [0.15, 0.2) is 5.82 Å². The van der Waals surface area contributed by atoms with Crippen LogP contribution < -0.4 is 5.32 Å². The summed E-state index contributed by atoms with van der Waals surface area (Å²) in [5.74, 6) is -2.33. The van der Waals surface area contributed by atoms with E-state index in [2.05, 4.69) is 5.32 Å². The van der Waals surface area contributed by atoms with E-state index < -0.39 is 17.5 Å². The minimum absolute atomic E-state index is 0.272. The van der Waals surface area contributed by atoms with Crippen LogP contribution in [0.15, 0.2) is 23.9 Å². The van der Waals surface area contributed by atoms with Gasteiger partial charge >= 0.3 is 5.97 Å². The van der Waals surface area contributed by atoms with Crippen LogP contribution in [0.4, 0.5) is 10.1 Å². The van der Waals surface area contributed by atoms with Crippen molar-refractivity contribution >= 4 is 23.3 Å². The summed E-state index contributed by atoms with van der Waals surface area (Å²) in [6.07, 6.45) is 0.904. The average molecular weight is 266 g/mol. The lowest BCUT2D eigenvalue weighted by Gasteiger charge is -2.08. The maximum Gasteiger partial charge on any atom is 0.337 e. The van der Waals surface area contributed by atoms with Crippen LogP contribution in [0.1, 0.15) is 10.4 Å². The molecule has 90 valence electrons. The Kier molecular flexibility index (Phi) is 4.25. The molecule has 0 bridgehead atoms. The molecule has 0 unspecified atom stereocenters. The van der Waals surface area contributed by atoms with E-state index in [0.717, 1.165) is 18.3 Å². The van der Waals surface area contributed by atoms with Crippen molar-refractivity contribution in [3.05, 3.63) is 40.3 Å². The monoisotopic (exact) mass is 265 g/mol. The van der Waals surface area contributed by atoms with E-state index in [9.17, 15) is 9.18 Å². The summed E-state index contributed by atoms with van der Waals surface area (Å²) in [5.41, 5.74) is -1.09. The third-order valence-electron chi connectivity index (χ3n) is 1.93. The van der Waals surface area contributed by atoms with Gasteiger partial charge in [-0.3, -0.25) is 0 Å². The van der Waals surface area contributed by atoms with Crippen LogP contribution in [0.2, 0.25) is 5.02 Å². The summed E-state index contributed by atoms with van der Waals surface area (Å²) in [6.45, 7) is 0. The highest BCUT2D eigenvalue weighted by Gasteiger charge is 2.16. The number of carbonyl (C=O) groups is 1. The Morgan fingerprint density at radius 3 is 2.56 bits per heavy atom. The second-order valence-corrected chi connectivity index (χ2v) is 3.42. The van der Waals surface area contributed by atoms with Crippen LogP contribution in [-0.4, -0.2) is 11.1 Å². The van der Waals surface area contributed by atoms with Crippen molar-refractivity contribution in [1.82, 2.24) is 0 Å². The summed E-state index contributed by atoms with van der Waals surface area (Å²) in [7, 11) is 0. The van der Waals surface area contributed by atoms with E-state index in [0.29, 0.717) is 0 Å². The van der Waals surface area contributed by atoms with E-state index >= 15 is 0 Å². The average Bonchev–Trinajstić information content (AvgIpc) is 2.35. The molecule has 0 spiro atoms. The summed E-state index contributed by atoms with van der Waals surface area (Å²) < 4.78 is 13.6. The molecule has 0 saturated heterocycles. The summed E-state index contributed by atoms with van der Waals surface area (Å²) in [4.78, 5) is 10.9. The van der Waals surface area contributed by atoms with Gasteiger partial charge in [0, 0.05) is 6.20 Å². The highest BCUT2D eigenvalue weighted by atomic mass is 35.5. The molecule has 1 rings (SSSR count). The molecule has 0 heterocycles. The molecule has 0 fully saturated rings. The molecule has 0 atom stereocenters. The Bertz CT molecular complexity index is 598. The van der Waals surface area contributed by atoms with Crippen LogP contribution in [0.3, 0.4) is 0 Å². The van der Waals surface area contributed by atoms with Gasteiger partial charge in [-0.2, -0.15) is 10.5 Å². The molecule has 7 heteroatoms. The van der Waals surface area contributed by atoms with Gasteiger partial charge in [-0.05, 0) is 12.1 Å². The van der Waals surface area contributed by atoms with E-state index in [4.69, 9.17) is 27.2 Å². The fourth-order valence-corrected chi connectivity index (χ4v) is 1.26. The largest absolute Gasteiger partial charge is 0.478 e. The van der Waals surface area contributed by atoms with Gasteiger partial charge in [0.1, 0.15) is 17.7 Å². The Labute approximate surface area is 106 Å². The lowest BCUT2D eigenvalue weighted by Crippen LogP contribution is -2.05. The third kappa shape index (κ3) is 2.76.